The van der Waals surface area contributed by atoms with Gasteiger partial charge in [0.1, 0.15) is 5.75 Å². The average Bonchev–Trinajstić information content (AvgIpc) is 2.38. The topological polar surface area (TPSA) is 47.0 Å². The molecule has 0 atom stereocenters. The highest BCUT2D eigenvalue weighted by Gasteiger charge is 2.00. The van der Waals surface area contributed by atoms with E-state index in [-0.39, 0.29) is 0 Å². The summed E-state index contributed by atoms with van der Waals surface area (Å²) in [5.41, 5.74) is 1.14. The molecule has 4 nitrogen and oxygen atoms in total. The van der Waals surface area contributed by atoms with E-state index in [0.717, 1.165) is 23.1 Å². The molecule has 0 spiro atoms. The largest absolute Gasteiger partial charge is 0.437 e. The van der Waals surface area contributed by atoms with Crippen molar-refractivity contribution in [1.82, 2.24) is 15.3 Å². The molecule has 2 aromatic heterocycles. The third kappa shape index (κ3) is 3.78. The Bertz CT molecular complexity index is 502. The van der Waals surface area contributed by atoms with Gasteiger partial charge < -0.3 is 10.1 Å². The number of hydrogen-bond acceptors (Lipinski definition) is 4. The molecule has 0 saturated heterocycles. The number of rotatable bonds is 5. The van der Waals surface area contributed by atoms with Crippen molar-refractivity contribution in [2.75, 3.05) is 6.54 Å². The van der Waals surface area contributed by atoms with Gasteiger partial charge in [-0.25, -0.2) is 4.98 Å². The quantitative estimate of drug-likeness (QED) is 0.922. The summed E-state index contributed by atoms with van der Waals surface area (Å²) < 4.78 is 6.47. The number of halogens is 1. The highest BCUT2D eigenvalue weighted by atomic mass is 79.9. The van der Waals surface area contributed by atoms with E-state index in [9.17, 15) is 0 Å². The van der Waals surface area contributed by atoms with Crippen molar-refractivity contribution in [3.63, 3.8) is 0 Å². The van der Waals surface area contributed by atoms with Gasteiger partial charge in [0.05, 0.1) is 6.20 Å². The molecule has 0 radical (unpaired) electrons. The van der Waals surface area contributed by atoms with Crippen molar-refractivity contribution in [2.45, 2.75) is 13.5 Å². The van der Waals surface area contributed by atoms with Crippen LogP contribution < -0.4 is 10.1 Å². The van der Waals surface area contributed by atoms with Crippen LogP contribution >= 0.6 is 15.9 Å². The number of pyridine rings is 2. The van der Waals surface area contributed by atoms with Crippen LogP contribution in [-0.2, 0) is 6.54 Å². The molecule has 0 aliphatic carbocycles. The Morgan fingerprint density at radius 2 is 2.17 bits per heavy atom. The second-order valence-corrected chi connectivity index (χ2v) is 4.64. The number of nitrogens with zero attached hydrogens (tertiary/aromatic N) is 2. The Morgan fingerprint density at radius 3 is 2.83 bits per heavy atom. The van der Waals surface area contributed by atoms with Crippen LogP contribution in [0.4, 0.5) is 0 Å². The van der Waals surface area contributed by atoms with E-state index in [0.29, 0.717) is 11.6 Å². The Balaban J connectivity index is 2.02. The minimum Gasteiger partial charge on any atom is -0.437 e. The highest BCUT2D eigenvalue weighted by Crippen LogP contribution is 2.21. The van der Waals surface area contributed by atoms with Crippen LogP contribution in [-0.4, -0.2) is 16.5 Å². The van der Waals surface area contributed by atoms with E-state index in [2.05, 4.69) is 38.1 Å². The lowest BCUT2D eigenvalue weighted by Gasteiger charge is -2.06. The maximum absolute atomic E-state index is 5.59. The van der Waals surface area contributed by atoms with Crippen LogP contribution in [0.5, 0.6) is 11.6 Å². The summed E-state index contributed by atoms with van der Waals surface area (Å²) in [5, 5.41) is 3.24. The second kappa shape index (κ2) is 6.47. The van der Waals surface area contributed by atoms with E-state index < -0.39 is 0 Å². The molecule has 5 heteroatoms. The zero-order valence-electron chi connectivity index (χ0n) is 10.1. The smallest absolute Gasteiger partial charge is 0.219 e. The minimum atomic E-state index is 0.565. The van der Waals surface area contributed by atoms with Gasteiger partial charge in [0.2, 0.25) is 5.88 Å². The molecule has 0 fully saturated rings. The Morgan fingerprint density at radius 1 is 1.28 bits per heavy atom. The van der Waals surface area contributed by atoms with Crippen molar-refractivity contribution in [1.29, 1.82) is 0 Å². The molecule has 2 heterocycles. The van der Waals surface area contributed by atoms with Gasteiger partial charge in [0.15, 0.2) is 0 Å². The fourth-order valence-corrected chi connectivity index (χ4v) is 1.76. The molecule has 0 unspecified atom stereocenters. The molecular weight excluding hydrogens is 294 g/mol. The number of aromatic nitrogens is 2. The van der Waals surface area contributed by atoms with Crippen molar-refractivity contribution in [2.24, 2.45) is 0 Å². The summed E-state index contributed by atoms with van der Waals surface area (Å²) in [6.07, 6.45) is 5.17. The summed E-state index contributed by atoms with van der Waals surface area (Å²) in [7, 11) is 0. The fourth-order valence-electron chi connectivity index (χ4n) is 1.41. The maximum atomic E-state index is 5.59. The first kappa shape index (κ1) is 13.0. The Labute approximate surface area is 115 Å². The van der Waals surface area contributed by atoms with Crippen LogP contribution in [0.1, 0.15) is 12.5 Å². The number of hydrogen-bond donors (Lipinski definition) is 1. The van der Waals surface area contributed by atoms with E-state index in [1.165, 1.54) is 0 Å². The van der Waals surface area contributed by atoms with E-state index in [1.807, 2.05) is 24.4 Å². The van der Waals surface area contributed by atoms with E-state index in [4.69, 9.17) is 4.74 Å². The Hall–Kier alpha value is -1.46. The van der Waals surface area contributed by atoms with Crippen LogP contribution in [0, 0.1) is 0 Å². The number of nitrogens with one attached hydrogen (secondary N) is 1. The molecule has 0 amide bonds. The summed E-state index contributed by atoms with van der Waals surface area (Å²) in [5.74, 6) is 1.23. The monoisotopic (exact) mass is 307 g/mol. The third-order valence-corrected chi connectivity index (χ3v) is 2.71. The lowest BCUT2D eigenvalue weighted by molar-refractivity contribution is 0.460. The molecule has 0 saturated carbocycles. The van der Waals surface area contributed by atoms with Gasteiger partial charge in [-0.15, -0.1) is 0 Å². The molecule has 2 rings (SSSR count). The van der Waals surface area contributed by atoms with Gasteiger partial charge >= 0.3 is 0 Å². The fraction of sp³-hybridized carbons (Fsp3) is 0.231. The number of ether oxygens (including phenoxy) is 1. The van der Waals surface area contributed by atoms with Gasteiger partial charge in [0.25, 0.3) is 0 Å². The second-order valence-electron chi connectivity index (χ2n) is 3.73. The first-order valence-electron chi connectivity index (χ1n) is 5.72. The lowest BCUT2D eigenvalue weighted by atomic mass is 10.3. The third-order valence-electron chi connectivity index (χ3n) is 2.28. The zero-order chi connectivity index (χ0) is 12.8. The van der Waals surface area contributed by atoms with Crippen LogP contribution in [0.2, 0.25) is 0 Å². The van der Waals surface area contributed by atoms with Crippen molar-refractivity contribution in [3.8, 4) is 11.6 Å². The standard InChI is InChI=1S/C13H14BrN3O/c1-2-15-6-10-3-4-13(17-7-10)18-12-5-11(14)8-16-9-12/h3-5,7-9,15H,2,6H2,1H3. The van der Waals surface area contributed by atoms with Crippen molar-refractivity contribution >= 4 is 15.9 Å². The predicted octanol–water partition coefficient (Wildman–Crippen LogP) is 3.14. The molecule has 0 aromatic carbocycles. The Kier molecular flexibility index (Phi) is 4.66. The molecule has 94 valence electrons. The normalized spacial score (nSPS) is 10.3. The van der Waals surface area contributed by atoms with Gasteiger partial charge in [-0.1, -0.05) is 13.0 Å². The van der Waals surface area contributed by atoms with Gasteiger partial charge in [-0.3, -0.25) is 4.98 Å². The summed E-state index contributed by atoms with van der Waals surface area (Å²) in [4.78, 5) is 8.28. The van der Waals surface area contributed by atoms with Crippen LogP contribution in [0.25, 0.3) is 0 Å². The molecule has 18 heavy (non-hydrogen) atoms. The molecular formula is C13H14BrN3O. The van der Waals surface area contributed by atoms with E-state index >= 15 is 0 Å². The SMILES string of the molecule is CCNCc1ccc(Oc2cncc(Br)c2)nc1. The van der Waals surface area contributed by atoms with Gasteiger partial charge in [-0.05, 0) is 34.1 Å². The van der Waals surface area contributed by atoms with Crippen molar-refractivity contribution in [3.05, 3.63) is 46.8 Å². The molecule has 0 bridgehead atoms. The molecule has 0 aliphatic heterocycles. The highest BCUT2D eigenvalue weighted by molar-refractivity contribution is 9.10. The van der Waals surface area contributed by atoms with E-state index in [1.54, 1.807) is 12.4 Å². The van der Waals surface area contributed by atoms with Crippen LogP contribution in [0.3, 0.4) is 0 Å². The first-order chi connectivity index (χ1) is 8.78. The van der Waals surface area contributed by atoms with Crippen LogP contribution in [0.15, 0.2) is 41.3 Å². The summed E-state index contributed by atoms with van der Waals surface area (Å²) >= 11 is 3.34. The zero-order valence-corrected chi connectivity index (χ0v) is 11.6. The predicted molar refractivity (Wildman–Crippen MR) is 73.6 cm³/mol. The van der Waals surface area contributed by atoms with Crippen molar-refractivity contribution < 1.29 is 4.74 Å². The lowest BCUT2D eigenvalue weighted by Crippen LogP contribution is -2.11. The van der Waals surface area contributed by atoms with Gasteiger partial charge in [-0.2, -0.15) is 0 Å². The van der Waals surface area contributed by atoms with Gasteiger partial charge in [0, 0.05) is 29.5 Å². The summed E-state index contributed by atoms with van der Waals surface area (Å²) in [6, 6.07) is 5.70. The maximum Gasteiger partial charge on any atom is 0.219 e. The summed E-state index contributed by atoms with van der Waals surface area (Å²) in [6.45, 7) is 3.84. The minimum absolute atomic E-state index is 0.565. The first-order valence-corrected chi connectivity index (χ1v) is 6.51. The molecule has 1 N–H and O–H groups in total. The molecule has 0 aliphatic rings. The average molecular weight is 308 g/mol. The molecule has 2 aromatic rings.